The number of hydrogen-bond acceptors (Lipinski definition) is 3. The van der Waals surface area contributed by atoms with Crippen molar-refractivity contribution in [1.82, 2.24) is 15.1 Å². The van der Waals surface area contributed by atoms with Gasteiger partial charge in [0.1, 0.15) is 5.82 Å². The van der Waals surface area contributed by atoms with Gasteiger partial charge in [-0.25, -0.2) is 0 Å². The Hall–Kier alpha value is -1.81. The third-order valence-electron chi connectivity index (χ3n) is 2.33. The number of anilines is 1. The second-order valence-electron chi connectivity index (χ2n) is 4.14. The van der Waals surface area contributed by atoms with E-state index in [0.29, 0.717) is 5.82 Å². The van der Waals surface area contributed by atoms with Crippen molar-refractivity contribution in [3.8, 4) is 11.3 Å². The van der Waals surface area contributed by atoms with Gasteiger partial charge in [0.2, 0.25) is 0 Å². The Morgan fingerprint density at radius 2 is 2.12 bits per heavy atom. The first-order chi connectivity index (χ1) is 7.65. The summed E-state index contributed by atoms with van der Waals surface area (Å²) in [6, 6.07) is 10.2. The molecule has 0 aliphatic rings. The molecule has 0 aliphatic heterocycles. The number of hydrogen-bond donors (Lipinski definition) is 2. The zero-order chi connectivity index (χ0) is 11.5. The lowest BCUT2D eigenvalue weighted by molar-refractivity contribution is 0.402. The monoisotopic (exact) mass is 216 g/mol. The van der Waals surface area contributed by atoms with Crippen LogP contribution in [0.15, 0.2) is 30.3 Å². The standard InChI is InChI=1S/C12H16N4/c1-16(2)8-9-4-3-5-10(6-9)11-7-12(13)15-14-11/h3-7H,8H2,1-2H3,(H3,13,14,15). The largest absolute Gasteiger partial charge is 0.382 e. The normalized spacial score (nSPS) is 10.9. The SMILES string of the molecule is CN(C)Cc1cccc(-c2cc(N)n[nH]2)c1. The lowest BCUT2D eigenvalue weighted by Gasteiger charge is -2.10. The lowest BCUT2D eigenvalue weighted by atomic mass is 10.1. The first-order valence-electron chi connectivity index (χ1n) is 5.20. The van der Waals surface area contributed by atoms with E-state index in [9.17, 15) is 0 Å². The fraction of sp³-hybridized carbons (Fsp3) is 0.250. The molecule has 2 aromatic rings. The number of nitrogens with two attached hydrogens (primary N) is 1. The van der Waals surface area contributed by atoms with Crippen LogP contribution in [0.2, 0.25) is 0 Å². The van der Waals surface area contributed by atoms with Crippen LogP contribution in [0, 0.1) is 0 Å². The number of benzene rings is 1. The summed E-state index contributed by atoms with van der Waals surface area (Å²) in [5.74, 6) is 0.521. The first kappa shape index (κ1) is 10.7. The molecule has 0 aliphatic carbocycles. The van der Waals surface area contributed by atoms with Gasteiger partial charge in [0, 0.05) is 12.6 Å². The summed E-state index contributed by atoms with van der Waals surface area (Å²) in [7, 11) is 4.11. The first-order valence-corrected chi connectivity index (χ1v) is 5.20. The van der Waals surface area contributed by atoms with E-state index in [1.54, 1.807) is 0 Å². The summed E-state index contributed by atoms with van der Waals surface area (Å²) >= 11 is 0. The van der Waals surface area contributed by atoms with Crippen LogP contribution in [-0.2, 0) is 6.54 Å². The van der Waals surface area contributed by atoms with Crippen LogP contribution in [0.3, 0.4) is 0 Å². The molecule has 84 valence electrons. The highest BCUT2D eigenvalue weighted by molar-refractivity contribution is 5.62. The number of nitrogen functional groups attached to an aromatic ring is 1. The summed E-state index contributed by atoms with van der Waals surface area (Å²) in [5, 5.41) is 6.84. The van der Waals surface area contributed by atoms with Crippen molar-refractivity contribution in [2.45, 2.75) is 6.54 Å². The Labute approximate surface area is 95.1 Å². The highest BCUT2D eigenvalue weighted by atomic mass is 15.2. The molecule has 4 heteroatoms. The third-order valence-corrected chi connectivity index (χ3v) is 2.33. The molecule has 0 atom stereocenters. The van der Waals surface area contributed by atoms with Crippen LogP contribution < -0.4 is 5.73 Å². The van der Waals surface area contributed by atoms with Gasteiger partial charge in [-0.2, -0.15) is 5.10 Å². The van der Waals surface area contributed by atoms with Crippen molar-refractivity contribution in [2.75, 3.05) is 19.8 Å². The summed E-state index contributed by atoms with van der Waals surface area (Å²) in [6.45, 7) is 0.928. The number of aromatic amines is 1. The maximum absolute atomic E-state index is 5.58. The average molecular weight is 216 g/mol. The molecule has 2 rings (SSSR count). The minimum atomic E-state index is 0.521. The Morgan fingerprint density at radius 3 is 2.75 bits per heavy atom. The summed E-state index contributed by atoms with van der Waals surface area (Å²) in [6.07, 6.45) is 0. The number of nitrogens with zero attached hydrogens (tertiary/aromatic N) is 2. The van der Waals surface area contributed by atoms with E-state index in [0.717, 1.165) is 17.8 Å². The van der Waals surface area contributed by atoms with Crippen LogP contribution in [0.25, 0.3) is 11.3 Å². The third kappa shape index (κ3) is 2.41. The Balaban J connectivity index is 2.28. The van der Waals surface area contributed by atoms with Gasteiger partial charge in [-0.3, -0.25) is 5.10 Å². The summed E-state index contributed by atoms with van der Waals surface area (Å²) in [5.41, 5.74) is 8.93. The highest BCUT2D eigenvalue weighted by Crippen LogP contribution is 2.20. The molecule has 0 fully saturated rings. The van der Waals surface area contributed by atoms with Crippen LogP contribution in [0.1, 0.15) is 5.56 Å². The quantitative estimate of drug-likeness (QED) is 0.821. The van der Waals surface area contributed by atoms with Gasteiger partial charge in [0.25, 0.3) is 0 Å². The maximum Gasteiger partial charge on any atom is 0.145 e. The average Bonchev–Trinajstić information content (AvgIpc) is 2.64. The molecule has 0 amide bonds. The van der Waals surface area contributed by atoms with Crippen LogP contribution in [0.4, 0.5) is 5.82 Å². The predicted octanol–water partition coefficient (Wildman–Crippen LogP) is 1.72. The number of aromatic nitrogens is 2. The molecule has 1 aromatic carbocycles. The molecule has 0 unspecified atom stereocenters. The van der Waals surface area contributed by atoms with Crippen molar-refractivity contribution in [2.24, 2.45) is 0 Å². The molecule has 16 heavy (non-hydrogen) atoms. The molecule has 4 nitrogen and oxygen atoms in total. The molecular weight excluding hydrogens is 200 g/mol. The van der Waals surface area contributed by atoms with E-state index in [1.807, 2.05) is 18.2 Å². The van der Waals surface area contributed by atoms with Gasteiger partial charge < -0.3 is 10.6 Å². The Morgan fingerprint density at radius 1 is 1.31 bits per heavy atom. The number of H-pyrrole nitrogens is 1. The van der Waals surface area contributed by atoms with Gasteiger partial charge in [-0.1, -0.05) is 18.2 Å². The van der Waals surface area contributed by atoms with E-state index in [4.69, 9.17) is 5.73 Å². The minimum absolute atomic E-state index is 0.521. The van der Waals surface area contributed by atoms with E-state index in [-0.39, 0.29) is 0 Å². The van der Waals surface area contributed by atoms with Gasteiger partial charge in [0.15, 0.2) is 0 Å². The van der Waals surface area contributed by atoms with E-state index in [1.165, 1.54) is 5.56 Å². The fourth-order valence-electron chi connectivity index (χ4n) is 1.69. The molecule has 0 saturated heterocycles. The molecule has 0 bridgehead atoms. The predicted molar refractivity (Wildman–Crippen MR) is 65.8 cm³/mol. The Bertz CT molecular complexity index is 473. The van der Waals surface area contributed by atoms with Crippen molar-refractivity contribution < 1.29 is 0 Å². The maximum atomic E-state index is 5.58. The van der Waals surface area contributed by atoms with Gasteiger partial charge in [-0.05, 0) is 31.3 Å². The second-order valence-corrected chi connectivity index (χ2v) is 4.14. The minimum Gasteiger partial charge on any atom is -0.382 e. The molecule has 0 spiro atoms. The van der Waals surface area contributed by atoms with E-state index >= 15 is 0 Å². The van der Waals surface area contributed by atoms with Crippen LogP contribution in [0.5, 0.6) is 0 Å². The number of nitrogens with one attached hydrogen (secondary N) is 1. The van der Waals surface area contributed by atoms with E-state index < -0.39 is 0 Å². The smallest absolute Gasteiger partial charge is 0.145 e. The molecule has 1 heterocycles. The second kappa shape index (κ2) is 4.37. The lowest BCUT2D eigenvalue weighted by Crippen LogP contribution is -2.10. The van der Waals surface area contributed by atoms with Crippen LogP contribution >= 0.6 is 0 Å². The molecule has 1 aromatic heterocycles. The van der Waals surface area contributed by atoms with Gasteiger partial charge >= 0.3 is 0 Å². The van der Waals surface area contributed by atoms with Gasteiger partial charge in [-0.15, -0.1) is 0 Å². The fourth-order valence-corrected chi connectivity index (χ4v) is 1.69. The van der Waals surface area contributed by atoms with Gasteiger partial charge in [0.05, 0.1) is 5.69 Å². The van der Waals surface area contributed by atoms with E-state index in [2.05, 4.69) is 41.3 Å². The number of rotatable bonds is 3. The summed E-state index contributed by atoms with van der Waals surface area (Å²) in [4.78, 5) is 2.14. The molecule has 3 N–H and O–H groups in total. The topological polar surface area (TPSA) is 57.9 Å². The zero-order valence-electron chi connectivity index (χ0n) is 9.57. The highest BCUT2D eigenvalue weighted by Gasteiger charge is 2.02. The molecular formula is C12H16N4. The zero-order valence-corrected chi connectivity index (χ0v) is 9.57. The Kier molecular flexibility index (Phi) is 2.92. The van der Waals surface area contributed by atoms with Crippen molar-refractivity contribution in [3.63, 3.8) is 0 Å². The van der Waals surface area contributed by atoms with Crippen molar-refractivity contribution >= 4 is 5.82 Å². The summed E-state index contributed by atoms with van der Waals surface area (Å²) < 4.78 is 0. The van der Waals surface area contributed by atoms with Crippen LogP contribution in [-0.4, -0.2) is 29.2 Å². The molecule has 0 radical (unpaired) electrons. The van der Waals surface area contributed by atoms with Crippen molar-refractivity contribution in [1.29, 1.82) is 0 Å². The molecule has 0 saturated carbocycles. The van der Waals surface area contributed by atoms with Crippen molar-refractivity contribution in [3.05, 3.63) is 35.9 Å².